The van der Waals surface area contributed by atoms with Gasteiger partial charge in [-0.05, 0) is 30.7 Å². The van der Waals surface area contributed by atoms with Crippen LogP contribution in [-0.2, 0) is 0 Å². The van der Waals surface area contributed by atoms with Gasteiger partial charge >= 0.3 is 0 Å². The molecule has 2 rings (SSSR count). The topological polar surface area (TPSA) is 18.5 Å². The number of methoxy groups -OCH3 is 1. The molecular weight excluding hydrogens is 164 g/mol. The standard InChI is InChI=1S/C11H12O2/c1-8-5-9-3-4-10(12-2)6-11(9)13-7-8/h3-6H,7H2,1-2H3. The summed E-state index contributed by atoms with van der Waals surface area (Å²) in [6.07, 6.45) is 2.14. The number of hydrogen-bond acceptors (Lipinski definition) is 2. The van der Waals surface area contributed by atoms with Crippen molar-refractivity contribution in [3.8, 4) is 11.5 Å². The van der Waals surface area contributed by atoms with Crippen LogP contribution in [0.4, 0.5) is 0 Å². The minimum absolute atomic E-state index is 0.681. The van der Waals surface area contributed by atoms with Gasteiger partial charge in [0.05, 0.1) is 7.11 Å². The van der Waals surface area contributed by atoms with Gasteiger partial charge in [-0.3, -0.25) is 0 Å². The monoisotopic (exact) mass is 176 g/mol. The molecule has 0 saturated carbocycles. The van der Waals surface area contributed by atoms with Crippen LogP contribution in [0.2, 0.25) is 0 Å². The van der Waals surface area contributed by atoms with Crippen LogP contribution in [0, 0.1) is 0 Å². The summed E-state index contributed by atoms with van der Waals surface area (Å²) in [4.78, 5) is 0. The lowest BCUT2D eigenvalue weighted by molar-refractivity contribution is 0.342. The van der Waals surface area contributed by atoms with E-state index in [1.165, 1.54) is 5.57 Å². The molecule has 0 unspecified atom stereocenters. The summed E-state index contributed by atoms with van der Waals surface area (Å²) in [5.74, 6) is 1.75. The summed E-state index contributed by atoms with van der Waals surface area (Å²) in [5, 5.41) is 0. The first-order valence-corrected chi connectivity index (χ1v) is 4.27. The van der Waals surface area contributed by atoms with Crippen molar-refractivity contribution >= 4 is 6.08 Å². The fraction of sp³-hybridized carbons (Fsp3) is 0.273. The average Bonchev–Trinajstić information content (AvgIpc) is 2.17. The van der Waals surface area contributed by atoms with Crippen molar-refractivity contribution in [3.05, 3.63) is 29.3 Å². The fourth-order valence-corrected chi connectivity index (χ4v) is 1.38. The summed E-state index contributed by atoms with van der Waals surface area (Å²) < 4.78 is 10.6. The molecule has 0 amide bonds. The maximum Gasteiger partial charge on any atom is 0.130 e. The predicted molar refractivity (Wildman–Crippen MR) is 52.1 cm³/mol. The third kappa shape index (κ3) is 1.52. The maximum absolute atomic E-state index is 5.53. The van der Waals surface area contributed by atoms with E-state index in [1.807, 2.05) is 18.2 Å². The Balaban J connectivity index is 2.43. The minimum Gasteiger partial charge on any atom is -0.497 e. The van der Waals surface area contributed by atoms with E-state index in [1.54, 1.807) is 7.11 Å². The molecule has 0 aromatic heterocycles. The lowest BCUT2D eigenvalue weighted by Crippen LogP contribution is -2.04. The molecule has 0 atom stereocenters. The molecule has 0 radical (unpaired) electrons. The van der Waals surface area contributed by atoms with Crippen molar-refractivity contribution < 1.29 is 9.47 Å². The first-order valence-electron chi connectivity index (χ1n) is 4.27. The van der Waals surface area contributed by atoms with Gasteiger partial charge in [-0.25, -0.2) is 0 Å². The first-order chi connectivity index (χ1) is 6.29. The summed E-state index contributed by atoms with van der Waals surface area (Å²) in [5.41, 5.74) is 2.38. The average molecular weight is 176 g/mol. The van der Waals surface area contributed by atoms with Crippen molar-refractivity contribution in [1.82, 2.24) is 0 Å². The van der Waals surface area contributed by atoms with E-state index in [9.17, 15) is 0 Å². The number of rotatable bonds is 1. The van der Waals surface area contributed by atoms with Crippen molar-refractivity contribution in [2.45, 2.75) is 6.92 Å². The zero-order valence-corrected chi connectivity index (χ0v) is 7.83. The SMILES string of the molecule is COc1ccc2c(c1)OCC(C)=C2. The molecular formula is C11H12O2. The van der Waals surface area contributed by atoms with Crippen LogP contribution in [0.3, 0.4) is 0 Å². The highest BCUT2D eigenvalue weighted by Gasteiger charge is 2.08. The molecule has 0 saturated heterocycles. The van der Waals surface area contributed by atoms with Crippen LogP contribution < -0.4 is 9.47 Å². The highest BCUT2D eigenvalue weighted by Crippen LogP contribution is 2.29. The second-order valence-corrected chi connectivity index (χ2v) is 3.18. The molecule has 1 heterocycles. The highest BCUT2D eigenvalue weighted by atomic mass is 16.5. The molecule has 0 bridgehead atoms. The molecule has 13 heavy (non-hydrogen) atoms. The number of benzene rings is 1. The van der Waals surface area contributed by atoms with Crippen molar-refractivity contribution in [1.29, 1.82) is 0 Å². The Kier molecular flexibility index (Phi) is 1.97. The maximum atomic E-state index is 5.53. The van der Waals surface area contributed by atoms with Crippen LogP contribution in [0.5, 0.6) is 11.5 Å². The Labute approximate surface area is 77.8 Å². The van der Waals surface area contributed by atoms with Gasteiger partial charge in [0.1, 0.15) is 18.1 Å². The van der Waals surface area contributed by atoms with Crippen LogP contribution >= 0.6 is 0 Å². The zero-order valence-electron chi connectivity index (χ0n) is 7.83. The smallest absolute Gasteiger partial charge is 0.130 e. The van der Waals surface area contributed by atoms with E-state index in [2.05, 4.69) is 13.0 Å². The summed E-state index contributed by atoms with van der Waals surface area (Å²) in [7, 11) is 1.66. The van der Waals surface area contributed by atoms with Gasteiger partial charge in [-0.2, -0.15) is 0 Å². The second-order valence-electron chi connectivity index (χ2n) is 3.18. The lowest BCUT2D eigenvalue weighted by Gasteiger charge is -2.16. The zero-order chi connectivity index (χ0) is 9.26. The Morgan fingerprint density at radius 3 is 3.00 bits per heavy atom. The molecule has 2 heteroatoms. The molecule has 1 aromatic carbocycles. The van der Waals surface area contributed by atoms with E-state index in [4.69, 9.17) is 9.47 Å². The quantitative estimate of drug-likeness (QED) is 0.654. The Hall–Kier alpha value is -1.44. The first kappa shape index (κ1) is 8.17. The van der Waals surface area contributed by atoms with Gasteiger partial charge < -0.3 is 9.47 Å². The van der Waals surface area contributed by atoms with Gasteiger partial charge in [0.2, 0.25) is 0 Å². The molecule has 0 N–H and O–H groups in total. The molecule has 1 aromatic rings. The largest absolute Gasteiger partial charge is 0.497 e. The molecule has 1 aliphatic heterocycles. The van der Waals surface area contributed by atoms with Gasteiger partial charge in [-0.15, -0.1) is 0 Å². The number of fused-ring (bicyclic) bond motifs is 1. The highest BCUT2D eigenvalue weighted by molar-refractivity contribution is 5.63. The number of ether oxygens (including phenoxy) is 2. The van der Waals surface area contributed by atoms with E-state index < -0.39 is 0 Å². The fourth-order valence-electron chi connectivity index (χ4n) is 1.38. The van der Waals surface area contributed by atoms with E-state index in [-0.39, 0.29) is 0 Å². The molecule has 68 valence electrons. The normalized spacial score (nSPS) is 14.2. The molecule has 0 fully saturated rings. The molecule has 2 nitrogen and oxygen atoms in total. The Bertz CT molecular complexity index is 353. The van der Waals surface area contributed by atoms with E-state index in [0.29, 0.717) is 6.61 Å². The van der Waals surface area contributed by atoms with Crippen LogP contribution in [0.15, 0.2) is 23.8 Å². The van der Waals surface area contributed by atoms with Crippen LogP contribution in [-0.4, -0.2) is 13.7 Å². The molecule has 1 aliphatic rings. The van der Waals surface area contributed by atoms with Crippen LogP contribution in [0.1, 0.15) is 12.5 Å². The second kappa shape index (κ2) is 3.13. The third-order valence-electron chi connectivity index (χ3n) is 2.08. The Morgan fingerprint density at radius 1 is 1.38 bits per heavy atom. The summed E-state index contributed by atoms with van der Waals surface area (Å²) in [6, 6.07) is 5.87. The number of hydrogen-bond donors (Lipinski definition) is 0. The van der Waals surface area contributed by atoms with E-state index in [0.717, 1.165) is 17.1 Å². The van der Waals surface area contributed by atoms with E-state index >= 15 is 0 Å². The summed E-state index contributed by atoms with van der Waals surface area (Å²) in [6.45, 7) is 2.74. The Morgan fingerprint density at radius 2 is 2.23 bits per heavy atom. The van der Waals surface area contributed by atoms with Crippen LogP contribution in [0.25, 0.3) is 6.08 Å². The molecule has 0 spiro atoms. The van der Waals surface area contributed by atoms with Gasteiger partial charge in [0.15, 0.2) is 0 Å². The van der Waals surface area contributed by atoms with Crippen molar-refractivity contribution in [2.75, 3.05) is 13.7 Å². The van der Waals surface area contributed by atoms with Gasteiger partial charge in [0.25, 0.3) is 0 Å². The third-order valence-corrected chi connectivity index (χ3v) is 2.08. The lowest BCUT2D eigenvalue weighted by atomic mass is 10.1. The van der Waals surface area contributed by atoms with Gasteiger partial charge in [-0.1, -0.05) is 0 Å². The van der Waals surface area contributed by atoms with Crippen molar-refractivity contribution in [3.63, 3.8) is 0 Å². The van der Waals surface area contributed by atoms with Crippen molar-refractivity contribution in [2.24, 2.45) is 0 Å². The predicted octanol–water partition coefficient (Wildman–Crippen LogP) is 2.49. The summed E-state index contributed by atoms with van der Waals surface area (Å²) >= 11 is 0. The minimum atomic E-state index is 0.681. The molecule has 0 aliphatic carbocycles. The van der Waals surface area contributed by atoms with Gasteiger partial charge in [0, 0.05) is 11.6 Å².